The van der Waals surface area contributed by atoms with E-state index < -0.39 is 28.4 Å². The topological polar surface area (TPSA) is 119 Å². The van der Waals surface area contributed by atoms with E-state index in [1.165, 1.54) is 36.3 Å². The van der Waals surface area contributed by atoms with Crippen LogP contribution >= 0.6 is 0 Å². The van der Waals surface area contributed by atoms with Crippen molar-refractivity contribution in [2.75, 3.05) is 7.11 Å². The number of rotatable bonds is 8. The molecule has 1 saturated heterocycles. The molecule has 1 heterocycles. The fraction of sp³-hybridized carbons (Fsp3) is 0.214. The van der Waals surface area contributed by atoms with E-state index in [1.807, 2.05) is 26.0 Å². The summed E-state index contributed by atoms with van der Waals surface area (Å²) < 4.78 is 11.0. The number of amides is 1. The number of nitro benzene ring substituents is 1. The molecule has 1 N–H and O–H groups in total. The van der Waals surface area contributed by atoms with E-state index in [-0.39, 0.29) is 29.5 Å². The van der Waals surface area contributed by atoms with Gasteiger partial charge in [-0.3, -0.25) is 19.7 Å². The zero-order chi connectivity index (χ0) is 26.7. The first-order valence-electron chi connectivity index (χ1n) is 11.6. The summed E-state index contributed by atoms with van der Waals surface area (Å²) in [5, 5.41) is 22.2. The predicted molar refractivity (Wildman–Crippen MR) is 136 cm³/mol. The zero-order valence-electron chi connectivity index (χ0n) is 20.6. The SMILES string of the molecule is COc1cccc(C2/C(=C(/O)c3ccc([N+](=O)[O-])cc3)C(=O)C(=O)N2Cc2ccc(OC(C)C)cc2)c1. The molecule has 1 aliphatic rings. The molecule has 0 spiro atoms. The van der Waals surface area contributed by atoms with E-state index in [9.17, 15) is 24.8 Å². The quantitative estimate of drug-likeness (QED) is 0.151. The monoisotopic (exact) mass is 502 g/mol. The van der Waals surface area contributed by atoms with Crippen LogP contribution in [0, 0.1) is 10.1 Å². The Kier molecular flexibility index (Phi) is 7.24. The molecule has 1 unspecified atom stereocenters. The number of carbonyl (C=O) groups excluding carboxylic acids is 2. The van der Waals surface area contributed by atoms with E-state index in [1.54, 1.807) is 36.4 Å². The third-order valence-electron chi connectivity index (χ3n) is 5.95. The van der Waals surface area contributed by atoms with Gasteiger partial charge in [0.1, 0.15) is 17.3 Å². The van der Waals surface area contributed by atoms with Crippen molar-refractivity contribution in [3.63, 3.8) is 0 Å². The van der Waals surface area contributed by atoms with Crippen LogP contribution < -0.4 is 9.47 Å². The van der Waals surface area contributed by atoms with E-state index in [4.69, 9.17) is 9.47 Å². The second kappa shape index (κ2) is 10.5. The van der Waals surface area contributed by atoms with Gasteiger partial charge in [-0.15, -0.1) is 0 Å². The number of methoxy groups -OCH3 is 1. The fourth-order valence-electron chi connectivity index (χ4n) is 4.24. The highest BCUT2D eigenvalue weighted by molar-refractivity contribution is 6.46. The highest BCUT2D eigenvalue weighted by atomic mass is 16.6. The van der Waals surface area contributed by atoms with Crippen molar-refractivity contribution < 1.29 is 29.1 Å². The Morgan fingerprint density at radius 2 is 1.70 bits per heavy atom. The lowest BCUT2D eigenvalue weighted by atomic mass is 9.95. The van der Waals surface area contributed by atoms with Gasteiger partial charge < -0.3 is 19.5 Å². The smallest absolute Gasteiger partial charge is 0.295 e. The van der Waals surface area contributed by atoms with Crippen LogP contribution in [0.15, 0.2) is 78.4 Å². The van der Waals surface area contributed by atoms with Gasteiger partial charge in [0.15, 0.2) is 0 Å². The number of nitro groups is 1. The summed E-state index contributed by atoms with van der Waals surface area (Å²) in [5.41, 5.74) is 1.26. The Bertz CT molecular complexity index is 1360. The molecule has 0 saturated carbocycles. The first-order chi connectivity index (χ1) is 17.7. The van der Waals surface area contributed by atoms with Crippen molar-refractivity contribution in [2.45, 2.75) is 32.5 Å². The molecule has 0 aliphatic carbocycles. The number of Topliss-reactive ketones (excluding diaryl/α,β-unsaturated/α-hetero) is 1. The van der Waals surface area contributed by atoms with E-state index in [2.05, 4.69) is 0 Å². The highest BCUT2D eigenvalue weighted by Gasteiger charge is 2.46. The molecular weight excluding hydrogens is 476 g/mol. The van der Waals surface area contributed by atoms with E-state index in [0.717, 1.165) is 5.56 Å². The number of hydrogen-bond acceptors (Lipinski definition) is 7. The van der Waals surface area contributed by atoms with Gasteiger partial charge in [-0.25, -0.2) is 0 Å². The van der Waals surface area contributed by atoms with Crippen LogP contribution in [0.5, 0.6) is 11.5 Å². The number of benzene rings is 3. The standard InChI is InChI=1S/C28H26N2O7/c1-17(2)37-22-13-7-18(8-14-22)16-29-25(20-5-4-6-23(15-20)36-3)24(27(32)28(29)33)26(31)19-9-11-21(12-10-19)30(34)35/h4-15,17,25,31H,16H2,1-3H3/b26-24-. The molecule has 1 atom stereocenters. The van der Waals surface area contributed by atoms with Gasteiger partial charge in [0.25, 0.3) is 17.4 Å². The van der Waals surface area contributed by atoms with Crippen LogP contribution in [0.3, 0.4) is 0 Å². The highest BCUT2D eigenvalue weighted by Crippen LogP contribution is 2.41. The normalized spacial score (nSPS) is 16.8. The molecule has 9 nitrogen and oxygen atoms in total. The minimum Gasteiger partial charge on any atom is -0.507 e. The summed E-state index contributed by atoms with van der Waals surface area (Å²) in [4.78, 5) is 38.3. The van der Waals surface area contributed by atoms with Crippen LogP contribution in [0.25, 0.3) is 5.76 Å². The molecule has 0 bridgehead atoms. The summed E-state index contributed by atoms with van der Waals surface area (Å²) in [7, 11) is 1.51. The Hall–Kier alpha value is -4.66. The van der Waals surface area contributed by atoms with E-state index in [0.29, 0.717) is 17.1 Å². The summed E-state index contributed by atoms with van der Waals surface area (Å²) in [6.07, 6.45) is 0.0103. The molecule has 3 aromatic rings. The number of aliphatic hydroxyl groups excluding tert-OH is 1. The molecule has 1 amide bonds. The van der Waals surface area contributed by atoms with Crippen molar-refractivity contribution >= 4 is 23.1 Å². The summed E-state index contributed by atoms with van der Waals surface area (Å²) in [5.74, 6) is -0.816. The second-order valence-corrected chi connectivity index (χ2v) is 8.82. The minimum absolute atomic E-state index is 0.0103. The molecular formula is C28H26N2O7. The Balaban J connectivity index is 1.78. The fourth-order valence-corrected chi connectivity index (χ4v) is 4.24. The van der Waals surface area contributed by atoms with Crippen molar-refractivity contribution in [1.82, 2.24) is 4.90 Å². The molecule has 9 heteroatoms. The van der Waals surface area contributed by atoms with Crippen LogP contribution in [-0.4, -0.2) is 39.8 Å². The second-order valence-electron chi connectivity index (χ2n) is 8.82. The number of ketones is 1. The Morgan fingerprint density at radius 3 is 2.30 bits per heavy atom. The van der Waals surface area contributed by atoms with Gasteiger partial charge in [-0.05, 0) is 61.4 Å². The summed E-state index contributed by atoms with van der Waals surface area (Å²) >= 11 is 0. The third-order valence-corrected chi connectivity index (χ3v) is 5.95. The number of non-ortho nitro benzene ring substituents is 1. The Morgan fingerprint density at radius 1 is 1.03 bits per heavy atom. The number of carbonyl (C=O) groups is 2. The predicted octanol–water partition coefficient (Wildman–Crippen LogP) is 5.01. The molecule has 37 heavy (non-hydrogen) atoms. The van der Waals surface area contributed by atoms with Gasteiger partial charge in [0, 0.05) is 24.2 Å². The summed E-state index contributed by atoms with van der Waals surface area (Å²) in [6.45, 7) is 3.95. The number of likely N-dealkylation sites (tertiary alicyclic amines) is 1. The van der Waals surface area contributed by atoms with Gasteiger partial charge >= 0.3 is 0 Å². The van der Waals surface area contributed by atoms with Gasteiger partial charge in [-0.1, -0.05) is 24.3 Å². The van der Waals surface area contributed by atoms with Crippen molar-refractivity contribution in [1.29, 1.82) is 0 Å². The number of aliphatic hydroxyl groups is 1. The van der Waals surface area contributed by atoms with Crippen LogP contribution in [0.2, 0.25) is 0 Å². The summed E-state index contributed by atoms with van der Waals surface area (Å²) in [6, 6.07) is 18.4. The lowest BCUT2D eigenvalue weighted by molar-refractivity contribution is -0.384. The average molecular weight is 503 g/mol. The molecule has 1 fully saturated rings. The maximum atomic E-state index is 13.2. The molecule has 0 radical (unpaired) electrons. The van der Waals surface area contributed by atoms with Crippen LogP contribution in [-0.2, 0) is 16.1 Å². The van der Waals surface area contributed by atoms with Crippen molar-refractivity contribution in [3.05, 3.63) is 105 Å². The van der Waals surface area contributed by atoms with Gasteiger partial charge in [0.2, 0.25) is 0 Å². The first-order valence-corrected chi connectivity index (χ1v) is 11.6. The van der Waals surface area contributed by atoms with E-state index >= 15 is 0 Å². The maximum Gasteiger partial charge on any atom is 0.295 e. The van der Waals surface area contributed by atoms with Crippen molar-refractivity contribution in [2.24, 2.45) is 0 Å². The number of hydrogen-bond donors (Lipinski definition) is 1. The van der Waals surface area contributed by atoms with Crippen LogP contribution in [0.1, 0.15) is 36.6 Å². The largest absolute Gasteiger partial charge is 0.507 e. The average Bonchev–Trinajstić information content (AvgIpc) is 3.14. The lowest BCUT2D eigenvalue weighted by Gasteiger charge is -2.26. The molecule has 3 aromatic carbocycles. The number of ether oxygens (including phenoxy) is 2. The molecule has 0 aromatic heterocycles. The van der Waals surface area contributed by atoms with Crippen molar-refractivity contribution in [3.8, 4) is 11.5 Å². The first kappa shape index (κ1) is 25.4. The lowest BCUT2D eigenvalue weighted by Crippen LogP contribution is -2.29. The minimum atomic E-state index is -0.906. The van der Waals surface area contributed by atoms with Gasteiger partial charge in [0.05, 0.1) is 29.8 Å². The maximum absolute atomic E-state index is 13.2. The Labute approximate surface area is 213 Å². The zero-order valence-corrected chi connectivity index (χ0v) is 20.6. The molecule has 1 aliphatic heterocycles. The molecule has 190 valence electrons. The molecule has 4 rings (SSSR count). The van der Waals surface area contributed by atoms with Crippen LogP contribution in [0.4, 0.5) is 5.69 Å². The third kappa shape index (κ3) is 5.30. The van der Waals surface area contributed by atoms with Gasteiger partial charge in [-0.2, -0.15) is 0 Å². The number of nitrogens with zero attached hydrogens (tertiary/aromatic N) is 2.